The molecular weight excluding hydrogens is 142 g/mol. The van der Waals surface area contributed by atoms with Gasteiger partial charge in [-0.15, -0.1) is 0 Å². The zero-order valence-corrected chi connectivity index (χ0v) is 5.69. The van der Waals surface area contributed by atoms with Gasteiger partial charge >= 0.3 is 0 Å². The van der Waals surface area contributed by atoms with Crippen molar-refractivity contribution >= 4 is 11.5 Å². The van der Waals surface area contributed by atoms with Crippen LogP contribution in [0.1, 0.15) is 0 Å². The van der Waals surface area contributed by atoms with Gasteiger partial charge < -0.3 is 10.8 Å². The second-order valence-corrected chi connectivity index (χ2v) is 2.26. The quantitative estimate of drug-likeness (QED) is 0.571. The molecule has 4 nitrogen and oxygen atoms in total. The van der Waals surface area contributed by atoms with Crippen LogP contribution in [0.15, 0.2) is 24.4 Å². The summed E-state index contributed by atoms with van der Waals surface area (Å²) in [4.78, 5) is 3.70. The van der Waals surface area contributed by atoms with Crippen molar-refractivity contribution < 1.29 is 5.11 Å². The molecule has 0 aliphatic heterocycles. The number of nitrogens with zero attached hydrogens (tertiary/aromatic N) is 2. The number of fused-ring (bicyclic) bond motifs is 1. The summed E-state index contributed by atoms with van der Waals surface area (Å²) in [6.07, 6.45) is 1.37. The Morgan fingerprint density at radius 1 is 1.45 bits per heavy atom. The molecule has 0 fully saturated rings. The molecule has 0 atom stereocenters. The fourth-order valence-electron chi connectivity index (χ4n) is 1.01. The molecule has 0 radical (unpaired) electrons. The van der Waals surface area contributed by atoms with Gasteiger partial charge in [-0.05, 0) is 12.1 Å². The number of rotatable bonds is 0. The average molecular weight is 148 g/mol. The molecular formula is C7H6N3O-. The smallest absolute Gasteiger partial charge is 0.137 e. The second kappa shape index (κ2) is 1.88. The minimum Gasteiger partial charge on any atom is -0.858 e. The molecule has 0 spiro atoms. The molecule has 2 heterocycles. The van der Waals surface area contributed by atoms with Gasteiger partial charge in [0.05, 0.1) is 0 Å². The number of anilines is 1. The molecule has 0 aliphatic rings. The summed E-state index contributed by atoms with van der Waals surface area (Å²) in [5, 5.41) is 10.8. The largest absolute Gasteiger partial charge is 0.858 e. The van der Waals surface area contributed by atoms with Gasteiger partial charge in [0, 0.05) is 12.1 Å². The standard InChI is InChI=1S/C7H7N3O/c8-5-2-1-3-6-9-7(11)4-10(5)6/h1-4,11H,8H2/p-1. The topological polar surface area (TPSA) is 66.4 Å². The summed E-state index contributed by atoms with van der Waals surface area (Å²) in [5.74, 6) is 0.264. The third-order valence-electron chi connectivity index (χ3n) is 1.50. The van der Waals surface area contributed by atoms with E-state index in [1.807, 2.05) is 0 Å². The fraction of sp³-hybridized carbons (Fsp3) is 0. The van der Waals surface area contributed by atoms with E-state index in [-0.39, 0.29) is 5.88 Å². The van der Waals surface area contributed by atoms with Crippen molar-refractivity contribution in [3.05, 3.63) is 24.4 Å². The third kappa shape index (κ3) is 0.797. The Hall–Kier alpha value is -1.71. The van der Waals surface area contributed by atoms with E-state index >= 15 is 0 Å². The molecule has 0 saturated carbocycles. The van der Waals surface area contributed by atoms with E-state index in [0.717, 1.165) is 0 Å². The first-order valence-electron chi connectivity index (χ1n) is 3.18. The maximum absolute atomic E-state index is 10.8. The minimum atomic E-state index is -0.261. The molecule has 0 amide bonds. The lowest BCUT2D eigenvalue weighted by atomic mass is 10.4. The summed E-state index contributed by atoms with van der Waals surface area (Å²) in [7, 11) is 0. The lowest BCUT2D eigenvalue weighted by molar-refractivity contribution is -0.274. The van der Waals surface area contributed by atoms with Gasteiger partial charge in [0.15, 0.2) is 0 Å². The molecule has 0 aliphatic carbocycles. The Morgan fingerprint density at radius 2 is 2.27 bits per heavy atom. The molecule has 0 unspecified atom stereocenters. The van der Waals surface area contributed by atoms with Gasteiger partial charge in [-0.3, -0.25) is 4.40 Å². The predicted molar refractivity (Wildman–Crippen MR) is 39.1 cm³/mol. The van der Waals surface area contributed by atoms with Gasteiger partial charge in [-0.2, -0.15) is 0 Å². The van der Waals surface area contributed by atoms with Crippen molar-refractivity contribution in [2.75, 3.05) is 5.73 Å². The van der Waals surface area contributed by atoms with Crippen LogP contribution in [0.25, 0.3) is 5.65 Å². The van der Waals surface area contributed by atoms with Crippen LogP contribution < -0.4 is 10.8 Å². The Bertz CT molecular complexity index is 393. The highest BCUT2D eigenvalue weighted by atomic mass is 16.3. The average Bonchev–Trinajstić information content (AvgIpc) is 2.31. The first-order valence-corrected chi connectivity index (χ1v) is 3.18. The third-order valence-corrected chi connectivity index (χ3v) is 1.50. The molecule has 11 heavy (non-hydrogen) atoms. The van der Waals surface area contributed by atoms with E-state index < -0.39 is 0 Å². The Labute approximate surface area is 62.9 Å². The van der Waals surface area contributed by atoms with Crippen molar-refractivity contribution in [3.8, 4) is 5.88 Å². The number of nitrogens with two attached hydrogens (primary N) is 1. The van der Waals surface area contributed by atoms with Crippen molar-refractivity contribution in [2.45, 2.75) is 0 Å². The molecule has 4 heteroatoms. The first kappa shape index (κ1) is 6.03. The highest BCUT2D eigenvalue weighted by molar-refractivity contribution is 5.49. The van der Waals surface area contributed by atoms with Crippen LogP contribution in [0, 0.1) is 0 Å². The first-order chi connectivity index (χ1) is 5.27. The molecule has 2 N–H and O–H groups in total. The van der Waals surface area contributed by atoms with Crippen LogP contribution >= 0.6 is 0 Å². The zero-order valence-electron chi connectivity index (χ0n) is 5.69. The van der Waals surface area contributed by atoms with Crippen LogP contribution in [0.2, 0.25) is 0 Å². The number of pyridine rings is 1. The van der Waals surface area contributed by atoms with Crippen LogP contribution in [0.5, 0.6) is 5.88 Å². The molecule has 2 rings (SSSR count). The van der Waals surface area contributed by atoms with Crippen molar-refractivity contribution in [1.29, 1.82) is 0 Å². The number of aromatic nitrogens is 2. The van der Waals surface area contributed by atoms with Gasteiger partial charge in [0.25, 0.3) is 0 Å². The van der Waals surface area contributed by atoms with Gasteiger partial charge in [-0.25, -0.2) is 4.98 Å². The fourth-order valence-corrected chi connectivity index (χ4v) is 1.01. The Morgan fingerprint density at radius 3 is 3.00 bits per heavy atom. The summed E-state index contributed by atoms with van der Waals surface area (Å²) in [6.45, 7) is 0. The van der Waals surface area contributed by atoms with E-state index in [4.69, 9.17) is 5.73 Å². The molecule has 2 aromatic heterocycles. The summed E-state index contributed by atoms with van der Waals surface area (Å²) in [5.41, 5.74) is 6.15. The highest BCUT2D eigenvalue weighted by Crippen LogP contribution is 2.11. The van der Waals surface area contributed by atoms with Gasteiger partial charge in [0.2, 0.25) is 0 Å². The normalized spacial score (nSPS) is 10.5. The number of hydrogen-bond donors (Lipinski definition) is 1. The van der Waals surface area contributed by atoms with Crippen molar-refractivity contribution in [3.63, 3.8) is 0 Å². The minimum absolute atomic E-state index is 0.261. The maximum atomic E-state index is 10.8. The zero-order chi connectivity index (χ0) is 7.84. The van der Waals surface area contributed by atoms with Crippen molar-refractivity contribution in [2.24, 2.45) is 0 Å². The van der Waals surface area contributed by atoms with E-state index in [1.54, 1.807) is 22.6 Å². The highest BCUT2D eigenvalue weighted by Gasteiger charge is 1.94. The van der Waals surface area contributed by atoms with E-state index in [1.165, 1.54) is 6.20 Å². The van der Waals surface area contributed by atoms with E-state index in [0.29, 0.717) is 11.5 Å². The Balaban J connectivity index is 2.90. The van der Waals surface area contributed by atoms with E-state index in [2.05, 4.69) is 4.98 Å². The van der Waals surface area contributed by atoms with Crippen LogP contribution in [-0.4, -0.2) is 9.38 Å². The lowest BCUT2D eigenvalue weighted by Gasteiger charge is -1.96. The summed E-state index contributed by atoms with van der Waals surface area (Å²) < 4.78 is 1.56. The van der Waals surface area contributed by atoms with Gasteiger partial charge in [-0.1, -0.05) is 6.07 Å². The van der Waals surface area contributed by atoms with Crippen LogP contribution in [0.4, 0.5) is 5.82 Å². The number of hydrogen-bond acceptors (Lipinski definition) is 3. The van der Waals surface area contributed by atoms with Gasteiger partial charge in [0.1, 0.15) is 11.5 Å². The number of nitrogen functional groups attached to an aromatic ring is 1. The van der Waals surface area contributed by atoms with Crippen molar-refractivity contribution in [1.82, 2.24) is 9.38 Å². The number of imidazole rings is 1. The molecule has 2 aromatic rings. The Kier molecular flexibility index (Phi) is 1.03. The van der Waals surface area contributed by atoms with E-state index in [9.17, 15) is 5.11 Å². The molecule has 56 valence electrons. The lowest BCUT2D eigenvalue weighted by Crippen LogP contribution is -1.93. The van der Waals surface area contributed by atoms with Crippen LogP contribution in [0.3, 0.4) is 0 Å². The summed E-state index contributed by atoms with van der Waals surface area (Å²) in [6, 6.07) is 5.21. The molecule has 0 bridgehead atoms. The van der Waals surface area contributed by atoms with Crippen LogP contribution in [-0.2, 0) is 0 Å². The monoisotopic (exact) mass is 148 g/mol. The molecule has 0 aromatic carbocycles. The maximum Gasteiger partial charge on any atom is 0.137 e. The molecule has 0 saturated heterocycles. The predicted octanol–water partition coefficient (Wildman–Crippen LogP) is -0.00990. The second-order valence-electron chi connectivity index (χ2n) is 2.26. The SMILES string of the molecule is Nc1cccc2nc([O-])cn12. The summed E-state index contributed by atoms with van der Waals surface area (Å²) >= 11 is 0.